The van der Waals surface area contributed by atoms with Crippen molar-refractivity contribution in [2.45, 2.75) is 51.3 Å². The van der Waals surface area contributed by atoms with Crippen LogP contribution in [0.15, 0.2) is 0 Å². The molecule has 1 fully saturated rings. The summed E-state index contributed by atoms with van der Waals surface area (Å²) in [6.07, 6.45) is 1.28. The number of carboxylic acid groups (broad SMARTS) is 1. The molecular weight excluding hydrogens is 296 g/mol. The third kappa shape index (κ3) is 4.41. The topological polar surface area (TPSA) is 104 Å². The van der Waals surface area contributed by atoms with Gasteiger partial charge in [0, 0.05) is 12.6 Å². The second-order valence-electron chi connectivity index (χ2n) is 5.61. The van der Waals surface area contributed by atoms with Crippen molar-refractivity contribution in [3.05, 3.63) is 0 Å². The molecule has 2 unspecified atom stereocenters. The Hall–Kier alpha value is -1.15. The van der Waals surface area contributed by atoms with Crippen LogP contribution in [0.25, 0.3) is 0 Å². The number of nitrogens with one attached hydrogen (secondary N) is 1. The standard InChI is InChI=1S/C13H24N2O5S/c1-4-15(8-12(16)14-9(2)3)21(19,20)11-7-5-6-10(11)13(17)18/h9-11H,4-8H2,1-3H3,(H,14,16)(H,17,18). The SMILES string of the molecule is CCN(CC(=O)NC(C)C)S(=O)(=O)C1CCCC1C(=O)O. The van der Waals surface area contributed by atoms with Crippen molar-refractivity contribution in [1.29, 1.82) is 0 Å². The van der Waals surface area contributed by atoms with Gasteiger partial charge in [-0.25, -0.2) is 8.42 Å². The number of likely N-dealkylation sites (N-methyl/N-ethyl adjacent to an activating group) is 1. The van der Waals surface area contributed by atoms with E-state index in [4.69, 9.17) is 5.11 Å². The summed E-state index contributed by atoms with van der Waals surface area (Å²) < 4.78 is 26.2. The van der Waals surface area contributed by atoms with E-state index in [1.165, 1.54) is 0 Å². The lowest BCUT2D eigenvalue weighted by atomic mass is 10.1. The van der Waals surface area contributed by atoms with Crippen LogP contribution in [0.2, 0.25) is 0 Å². The maximum atomic E-state index is 12.6. The molecule has 122 valence electrons. The molecule has 2 atom stereocenters. The molecule has 0 bridgehead atoms. The van der Waals surface area contributed by atoms with E-state index < -0.39 is 27.2 Å². The van der Waals surface area contributed by atoms with E-state index in [9.17, 15) is 18.0 Å². The number of rotatable bonds is 7. The van der Waals surface area contributed by atoms with Gasteiger partial charge in [-0.05, 0) is 26.7 Å². The molecule has 0 radical (unpaired) electrons. The smallest absolute Gasteiger partial charge is 0.307 e. The highest BCUT2D eigenvalue weighted by molar-refractivity contribution is 7.89. The van der Waals surface area contributed by atoms with Crippen LogP contribution in [-0.4, -0.2) is 54.1 Å². The molecule has 0 spiro atoms. The summed E-state index contributed by atoms with van der Waals surface area (Å²) in [7, 11) is -3.78. The zero-order chi connectivity index (χ0) is 16.2. The van der Waals surface area contributed by atoms with Gasteiger partial charge in [-0.15, -0.1) is 0 Å². The second kappa shape index (κ2) is 7.22. The average Bonchev–Trinajstić information content (AvgIpc) is 2.84. The summed E-state index contributed by atoms with van der Waals surface area (Å²) in [6.45, 7) is 5.11. The number of aliphatic carboxylic acids is 1. The molecule has 0 aromatic rings. The summed E-state index contributed by atoms with van der Waals surface area (Å²) in [5.41, 5.74) is 0. The first-order valence-electron chi connectivity index (χ1n) is 7.21. The molecule has 1 aliphatic rings. The first kappa shape index (κ1) is 17.9. The Morgan fingerprint density at radius 1 is 1.33 bits per heavy atom. The molecule has 1 rings (SSSR count). The summed E-state index contributed by atoms with van der Waals surface area (Å²) in [5, 5.41) is 10.9. The Morgan fingerprint density at radius 3 is 2.43 bits per heavy atom. The van der Waals surface area contributed by atoms with Crippen LogP contribution in [0.3, 0.4) is 0 Å². The lowest BCUT2D eigenvalue weighted by Crippen LogP contribution is -2.47. The van der Waals surface area contributed by atoms with Gasteiger partial charge in [-0.3, -0.25) is 9.59 Å². The van der Waals surface area contributed by atoms with E-state index in [2.05, 4.69) is 5.32 Å². The van der Waals surface area contributed by atoms with Crippen LogP contribution in [0.4, 0.5) is 0 Å². The Bertz CT molecular complexity index is 489. The van der Waals surface area contributed by atoms with Crippen molar-refractivity contribution in [2.24, 2.45) is 5.92 Å². The first-order valence-corrected chi connectivity index (χ1v) is 8.71. The summed E-state index contributed by atoms with van der Waals surface area (Å²) in [5.74, 6) is -2.33. The lowest BCUT2D eigenvalue weighted by molar-refractivity contribution is -0.141. The molecule has 1 aliphatic carbocycles. The van der Waals surface area contributed by atoms with Crippen LogP contribution in [0, 0.1) is 5.92 Å². The van der Waals surface area contributed by atoms with Gasteiger partial charge in [-0.1, -0.05) is 13.3 Å². The Morgan fingerprint density at radius 2 is 1.95 bits per heavy atom. The highest BCUT2D eigenvalue weighted by Crippen LogP contribution is 2.33. The minimum Gasteiger partial charge on any atom is -0.481 e. The summed E-state index contributed by atoms with van der Waals surface area (Å²) in [6, 6.07) is -0.0721. The first-order chi connectivity index (χ1) is 9.70. The van der Waals surface area contributed by atoms with E-state index in [1.54, 1.807) is 20.8 Å². The molecule has 1 amide bonds. The van der Waals surface area contributed by atoms with Gasteiger partial charge in [0.25, 0.3) is 0 Å². The van der Waals surface area contributed by atoms with Crippen molar-refractivity contribution >= 4 is 21.9 Å². The monoisotopic (exact) mass is 320 g/mol. The van der Waals surface area contributed by atoms with Crippen LogP contribution in [0.1, 0.15) is 40.0 Å². The summed E-state index contributed by atoms with van der Waals surface area (Å²) >= 11 is 0. The highest BCUT2D eigenvalue weighted by Gasteiger charge is 2.44. The van der Waals surface area contributed by atoms with Crippen LogP contribution >= 0.6 is 0 Å². The fourth-order valence-corrected chi connectivity index (χ4v) is 4.84. The quantitative estimate of drug-likeness (QED) is 0.707. The molecule has 0 saturated heterocycles. The van der Waals surface area contributed by atoms with E-state index >= 15 is 0 Å². The van der Waals surface area contributed by atoms with Gasteiger partial charge in [0.1, 0.15) is 0 Å². The fourth-order valence-electron chi connectivity index (χ4n) is 2.67. The largest absolute Gasteiger partial charge is 0.481 e. The number of carboxylic acids is 1. The summed E-state index contributed by atoms with van der Waals surface area (Å²) in [4.78, 5) is 22.9. The normalized spacial score (nSPS) is 22.7. The Balaban J connectivity index is 2.87. The number of hydrogen-bond acceptors (Lipinski definition) is 4. The number of hydrogen-bond donors (Lipinski definition) is 2. The van der Waals surface area contributed by atoms with E-state index in [1.807, 2.05) is 0 Å². The molecule has 8 heteroatoms. The number of carbonyl (C=O) groups is 2. The molecule has 0 heterocycles. The minimum absolute atomic E-state index is 0.0721. The Labute approximate surface area is 125 Å². The van der Waals surface area contributed by atoms with E-state index in [0.29, 0.717) is 19.3 Å². The van der Waals surface area contributed by atoms with Crippen molar-refractivity contribution in [2.75, 3.05) is 13.1 Å². The van der Waals surface area contributed by atoms with Gasteiger partial charge in [0.2, 0.25) is 15.9 Å². The zero-order valence-corrected chi connectivity index (χ0v) is 13.5. The Kier molecular flexibility index (Phi) is 6.15. The number of nitrogens with zero attached hydrogens (tertiary/aromatic N) is 1. The van der Waals surface area contributed by atoms with Crippen molar-refractivity contribution in [1.82, 2.24) is 9.62 Å². The fraction of sp³-hybridized carbons (Fsp3) is 0.846. The van der Waals surface area contributed by atoms with Crippen LogP contribution in [-0.2, 0) is 19.6 Å². The number of sulfonamides is 1. The van der Waals surface area contributed by atoms with Crippen LogP contribution in [0.5, 0.6) is 0 Å². The second-order valence-corrected chi connectivity index (χ2v) is 7.76. The molecule has 0 aliphatic heterocycles. The maximum absolute atomic E-state index is 12.6. The predicted octanol–water partition coefficient (Wildman–Crippen LogP) is 0.416. The minimum atomic E-state index is -3.78. The molecule has 21 heavy (non-hydrogen) atoms. The van der Waals surface area contributed by atoms with Gasteiger partial charge in [0.05, 0.1) is 17.7 Å². The van der Waals surface area contributed by atoms with Crippen molar-refractivity contribution in [3.8, 4) is 0 Å². The third-order valence-electron chi connectivity index (χ3n) is 3.63. The third-order valence-corrected chi connectivity index (χ3v) is 6.07. The molecule has 2 N–H and O–H groups in total. The maximum Gasteiger partial charge on any atom is 0.307 e. The highest BCUT2D eigenvalue weighted by atomic mass is 32.2. The lowest BCUT2D eigenvalue weighted by Gasteiger charge is -2.26. The zero-order valence-electron chi connectivity index (χ0n) is 12.7. The van der Waals surface area contributed by atoms with E-state index in [0.717, 1.165) is 4.31 Å². The van der Waals surface area contributed by atoms with Gasteiger partial charge >= 0.3 is 5.97 Å². The van der Waals surface area contributed by atoms with Gasteiger partial charge < -0.3 is 10.4 Å². The van der Waals surface area contributed by atoms with Gasteiger partial charge in [0.15, 0.2) is 0 Å². The number of carbonyl (C=O) groups excluding carboxylic acids is 1. The van der Waals surface area contributed by atoms with E-state index in [-0.39, 0.29) is 25.0 Å². The van der Waals surface area contributed by atoms with Gasteiger partial charge in [-0.2, -0.15) is 4.31 Å². The molecular formula is C13H24N2O5S. The molecule has 0 aromatic heterocycles. The van der Waals surface area contributed by atoms with Crippen molar-refractivity contribution in [3.63, 3.8) is 0 Å². The number of amides is 1. The van der Waals surface area contributed by atoms with Crippen molar-refractivity contribution < 1.29 is 23.1 Å². The average molecular weight is 320 g/mol. The molecule has 1 saturated carbocycles. The molecule has 7 nitrogen and oxygen atoms in total. The predicted molar refractivity (Wildman–Crippen MR) is 78.2 cm³/mol. The molecule has 0 aromatic carbocycles. The van der Waals surface area contributed by atoms with Crippen LogP contribution < -0.4 is 5.32 Å².